The monoisotopic (exact) mass is 320 g/mol. The molecule has 1 fully saturated rings. The van der Waals surface area contributed by atoms with Crippen molar-refractivity contribution in [3.63, 3.8) is 0 Å². The van der Waals surface area contributed by atoms with Crippen molar-refractivity contribution in [1.82, 2.24) is 9.55 Å². The number of rotatable bonds is 2. The first kappa shape index (κ1) is 11.1. The fourth-order valence-corrected chi connectivity index (χ4v) is 2.23. The van der Waals surface area contributed by atoms with Crippen molar-refractivity contribution >= 4 is 22.6 Å². The van der Waals surface area contributed by atoms with Crippen molar-refractivity contribution in [2.24, 2.45) is 5.92 Å². The molecule has 2 rings (SSSR count). The van der Waals surface area contributed by atoms with E-state index in [0.717, 1.165) is 32.6 Å². The van der Waals surface area contributed by atoms with Gasteiger partial charge in [0.1, 0.15) is 0 Å². The summed E-state index contributed by atoms with van der Waals surface area (Å²) in [7, 11) is 0. The minimum Gasteiger partial charge on any atom is -0.381 e. The third kappa shape index (κ3) is 2.78. The average molecular weight is 320 g/mol. The molecule has 0 radical (unpaired) electrons. The highest BCUT2D eigenvalue weighted by Crippen LogP contribution is 2.15. The minimum absolute atomic E-state index is 0.0668. The fourth-order valence-electron chi connectivity index (χ4n) is 1.76. The van der Waals surface area contributed by atoms with Crippen LogP contribution in [-0.4, -0.2) is 22.8 Å². The van der Waals surface area contributed by atoms with E-state index in [1.165, 1.54) is 0 Å². The topological polar surface area (TPSA) is 44.1 Å². The summed E-state index contributed by atoms with van der Waals surface area (Å²) >= 11 is 2.02. The Labute approximate surface area is 102 Å². The van der Waals surface area contributed by atoms with Crippen LogP contribution in [0.3, 0.4) is 0 Å². The van der Waals surface area contributed by atoms with Crippen LogP contribution in [0.5, 0.6) is 0 Å². The highest BCUT2D eigenvalue weighted by Gasteiger charge is 2.15. The van der Waals surface area contributed by atoms with Crippen molar-refractivity contribution in [3.8, 4) is 0 Å². The zero-order valence-corrected chi connectivity index (χ0v) is 10.5. The summed E-state index contributed by atoms with van der Waals surface area (Å²) in [5.41, 5.74) is 0.0668. The third-order valence-corrected chi connectivity index (χ3v) is 3.39. The molecule has 0 saturated carbocycles. The number of hydrogen-bond acceptors (Lipinski definition) is 3. The molecule has 0 bridgehead atoms. The van der Waals surface area contributed by atoms with Gasteiger partial charge in [-0.1, -0.05) is 0 Å². The van der Waals surface area contributed by atoms with E-state index in [1.54, 1.807) is 17.1 Å². The van der Waals surface area contributed by atoms with Gasteiger partial charge in [-0.05, 0) is 41.4 Å². The lowest BCUT2D eigenvalue weighted by Crippen LogP contribution is -2.28. The Morgan fingerprint density at radius 2 is 2.27 bits per heavy atom. The Hall–Kier alpha value is -0.430. The van der Waals surface area contributed by atoms with E-state index in [4.69, 9.17) is 4.74 Å². The maximum absolute atomic E-state index is 11.7. The lowest BCUT2D eigenvalue weighted by Gasteiger charge is -2.22. The third-order valence-electron chi connectivity index (χ3n) is 2.65. The van der Waals surface area contributed by atoms with Crippen LogP contribution in [0.25, 0.3) is 0 Å². The van der Waals surface area contributed by atoms with Crippen LogP contribution in [-0.2, 0) is 11.3 Å². The standard InChI is InChI=1S/C10H13IN2O2/c11-9-5-12-7-13(10(9)14)6-8-1-3-15-4-2-8/h5,7-8H,1-4,6H2. The average Bonchev–Trinajstić information content (AvgIpc) is 2.26. The number of hydrogen-bond donors (Lipinski definition) is 0. The second-order valence-electron chi connectivity index (χ2n) is 3.75. The van der Waals surface area contributed by atoms with Crippen molar-refractivity contribution < 1.29 is 4.74 Å². The van der Waals surface area contributed by atoms with Crippen LogP contribution in [0.15, 0.2) is 17.3 Å². The molecule has 15 heavy (non-hydrogen) atoms. The van der Waals surface area contributed by atoms with Crippen molar-refractivity contribution in [2.45, 2.75) is 19.4 Å². The molecule has 1 aromatic heterocycles. The lowest BCUT2D eigenvalue weighted by molar-refractivity contribution is 0.0608. The van der Waals surface area contributed by atoms with E-state index < -0.39 is 0 Å². The normalized spacial score (nSPS) is 17.9. The second kappa shape index (κ2) is 5.07. The number of ether oxygens (including phenoxy) is 1. The Balaban J connectivity index is 2.09. The van der Waals surface area contributed by atoms with Gasteiger partial charge in [-0.2, -0.15) is 0 Å². The van der Waals surface area contributed by atoms with Crippen LogP contribution in [0, 0.1) is 9.49 Å². The van der Waals surface area contributed by atoms with E-state index in [9.17, 15) is 4.79 Å². The van der Waals surface area contributed by atoms with Crippen LogP contribution < -0.4 is 5.56 Å². The van der Waals surface area contributed by atoms with Gasteiger partial charge in [0.15, 0.2) is 0 Å². The van der Waals surface area contributed by atoms with Gasteiger partial charge in [0.05, 0.1) is 9.90 Å². The molecule has 1 aliphatic heterocycles. The molecule has 0 amide bonds. The summed E-state index contributed by atoms with van der Waals surface area (Å²) in [5.74, 6) is 0.552. The number of aromatic nitrogens is 2. The quantitative estimate of drug-likeness (QED) is 0.771. The zero-order valence-electron chi connectivity index (χ0n) is 8.36. The second-order valence-corrected chi connectivity index (χ2v) is 4.92. The molecule has 4 nitrogen and oxygen atoms in total. The zero-order chi connectivity index (χ0) is 10.7. The van der Waals surface area contributed by atoms with Gasteiger partial charge in [0.2, 0.25) is 0 Å². The van der Waals surface area contributed by atoms with Gasteiger partial charge in [-0.25, -0.2) is 4.98 Å². The van der Waals surface area contributed by atoms with Crippen LogP contribution in [0.1, 0.15) is 12.8 Å². The molecule has 1 aromatic rings. The van der Waals surface area contributed by atoms with E-state index >= 15 is 0 Å². The van der Waals surface area contributed by atoms with Crippen molar-refractivity contribution in [1.29, 1.82) is 0 Å². The molecule has 1 aliphatic rings. The maximum Gasteiger partial charge on any atom is 0.266 e. The molecule has 0 aliphatic carbocycles. The smallest absolute Gasteiger partial charge is 0.266 e. The van der Waals surface area contributed by atoms with Gasteiger partial charge in [0, 0.05) is 26.0 Å². The summed E-state index contributed by atoms with van der Waals surface area (Å²) in [4.78, 5) is 15.8. The fraction of sp³-hybridized carbons (Fsp3) is 0.600. The summed E-state index contributed by atoms with van der Waals surface area (Å²) in [6.07, 6.45) is 5.30. The molecular weight excluding hydrogens is 307 g/mol. The van der Waals surface area contributed by atoms with Crippen LogP contribution in [0.4, 0.5) is 0 Å². The van der Waals surface area contributed by atoms with Crippen molar-refractivity contribution in [3.05, 3.63) is 26.4 Å². The Kier molecular flexibility index (Phi) is 3.74. The van der Waals surface area contributed by atoms with E-state index in [-0.39, 0.29) is 5.56 Å². The molecule has 0 atom stereocenters. The van der Waals surface area contributed by atoms with E-state index in [1.807, 2.05) is 22.6 Å². The highest BCUT2D eigenvalue weighted by molar-refractivity contribution is 14.1. The molecule has 0 N–H and O–H groups in total. The summed E-state index contributed by atoms with van der Waals surface area (Å²) < 4.78 is 7.68. The summed E-state index contributed by atoms with van der Waals surface area (Å²) in [6.45, 7) is 2.40. The van der Waals surface area contributed by atoms with Gasteiger partial charge in [0.25, 0.3) is 5.56 Å². The number of halogens is 1. The first-order chi connectivity index (χ1) is 7.27. The van der Waals surface area contributed by atoms with Gasteiger partial charge in [-0.3, -0.25) is 9.36 Å². The predicted octanol–water partition coefficient (Wildman–Crippen LogP) is 1.27. The molecule has 82 valence electrons. The van der Waals surface area contributed by atoms with E-state index in [2.05, 4.69) is 4.98 Å². The Morgan fingerprint density at radius 3 is 3.00 bits per heavy atom. The summed E-state index contributed by atoms with van der Waals surface area (Å²) in [6, 6.07) is 0. The van der Waals surface area contributed by atoms with Gasteiger partial charge < -0.3 is 4.74 Å². The molecular formula is C10H13IN2O2. The lowest BCUT2D eigenvalue weighted by atomic mass is 10.0. The number of nitrogens with zero attached hydrogens (tertiary/aromatic N) is 2. The first-order valence-electron chi connectivity index (χ1n) is 5.05. The molecule has 1 saturated heterocycles. The summed E-state index contributed by atoms with van der Waals surface area (Å²) in [5, 5.41) is 0. The highest BCUT2D eigenvalue weighted by atomic mass is 127. The molecule has 0 unspecified atom stereocenters. The predicted molar refractivity (Wildman–Crippen MR) is 64.8 cm³/mol. The SMILES string of the molecule is O=c1c(I)cncn1CC1CCOCC1. The molecule has 0 aromatic carbocycles. The minimum atomic E-state index is 0.0668. The largest absolute Gasteiger partial charge is 0.381 e. The van der Waals surface area contributed by atoms with Gasteiger partial charge >= 0.3 is 0 Å². The maximum atomic E-state index is 11.7. The Morgan fingerprint density at radius 1 is 1.53 bits per heavy atom. The van der Waals surface area contributed by atoms with Crippen LogP contribution >= 0.6 is 22.6 Å². The van der Waals surface area contributed by atoms with Crippen LogP contribution in [0.2, 0.25) is 0 Å². The molecule has 2 heterocycles. The first-order valence-corrected chi connectivity index (χ1v) is 6.13. The molecule has 5 heteroatoms. The Bertz CT molecular complexity index is 385. The van der Waals surface area contributed by atoms with E-state index in [0.29, 0.717) is 9.49 Å². The molecule has 0 spiro atoms. The van der Waals surface area contributed by atoms with Crippen molar-refractivity contribution in [2.75, 3.05) is 13.2 Å². The van der Waals surface area contributed by atoms with Gasteiger partial charge in [-0.15, -0.1) is 0 Å².